The molecule has 0 bridgehead atoms. The van der Waals surface area contributed by atoms with Crippen molar-refractivity contribution < 1.29 is 4.74 Å². The molecule has 0 spiro atoms. The summed E-state index contributed by atoms with van der Waals surface area (Å²) in [6, 6.07) is 13.9. The van der Waals surface area contributed by atoms with E-state index in [1.54, 1.807) is 6.07 Å². The third-order valence-electron chi connectivity index (χ3n) is 2.53. The highest BCUT2D eigenvalue weighted by molar-refractivity contribution is 6.29. The van der Waals surface area contributed by atoms with Gasteiger partial charge in [0.2, 0.25) is 0 Å². The molecule has 0 saturated heterocycles. The number of aryl methyl sites for hydroxylation is 1. The van der Waals surface area contributed by atoms with E-state index in [0.29, 0.717) is 11.8 Å². The standard InChI is InChI=1S/C14H15ClN2O/c15-14-9-8-13(16-17-14)11-18-10-4-7-12-5-2-1-3-6-12/h1-3,5-6,8-9H,4,7,10-11H2. The lowest BCUT2D eigenvalue weighted by atomic mass is 10.1. The van der Waals surface area contributed by atoms with Crippen molar-refractivity contribution in [3.05, 3.63) is 58.9 Å². The number of benzene rings is 1. The zero-order valence-corrected chi connectivity index (χ0v) is 10.8. The van der Waals surface area contributed by atoms with E-state index in [1.165, 1.54) is 5.56 Å². The van der Waals surface area contributed by atoms with Gasteiger partial charge in [0.25, 0.3) is 0 Å². The average molecular weight is 263 g/mol. The summed E-state index contributed by atoms with van der Waals surface area (Å²) in [6.45, 7) is 1.21. The van der Waals surface area contributed by atoms with Gasteiger partial charge in [-0.05, 0) is 30.5 Å². The van der Waals surface area contributed by atoms with Crippen LogP contribution < -0.4 is 0 Å². The lowest BCUT2D eigenvalue weighted by Gasteiger charge is -2.03. The molecule has 0 amide bonds. The van der Waals surface area contributed by atoms with Crippen LogP contribution in [0.1, 0.15) is 17.7 Å². The van der Waals surface area contributed by atoms with Crippen molar-refractivity contribution in [1.82, 2.24) is 10.2 Å². The zero-order valence-electron chi connectivity index (χ0n) is 10.1. The monoisotopic (exact) mass is 262 g/mol. The third kappa shape index (κ3) is 4.43. The van der Waals surface area contributed by atoms with Gasteiger partial charge in [-0.3, -0.25) is 0 Å². The first-order valence-electron chi connectivity index (χ1n) is 5.94. The second kappa shape index (κ2) is 7.09. The predicted octanol–water partition coefficient (Wildman–Crippen LogP) is 3.28. The quantitative estimate of drug-likeness (QED) is 0.750. The molecule has 0 aliphatic heterocycles. The SMILES string of the molecule is Clc1ccc(COCCCc2ccccc2)nn1. The maximum Gasteiger partial charge on any atom is 0.151 e. The maximum absolute atomic E-state index is 5.65. The molecule has 0 atom stereocenters. The van der Waals surface area contributed by atoms with Crippen LogP contribution >= 0.6 is 11.6 Å². The number of rotatable bonds is 6. The summed E-state index contributed by atoms with van der Waals surface area (Å²) in [5, 5.41) is 8.09. The van der Waals surface area contributed by atoms with E-state index in [-0.39, 0.29) is 0 Å². The summed E-state index contributed by atoms with van der Waals surface area (Å²) >= 11 is 5.65. The van der Waals surface area contributed by atoms with Crippen LogP contribution in [0.25, 0.3) is 0 Å². The summed E-state index contributed by atoms with van der Waals surface area (Å²) in [7, 11) is 0. The van der Waals surface area contributed by atoms with Crippen molar-refractivity contribution >= 4 is 11.6 Å². The summed E-state index contributed by atoms with van der Waals surface area (Å²) in [6.07, 6.45) is 2.04. The van der Waals surface area contributed by atoms with Crippen LogP contribution in [0.3, 0.4) is 0 Å². The Bertz CT molecular complexity index is 459. The topological polar surface area (TPSA) is 35.0 Å². The van der Waals surface area contributed by atoms with Gasteiger partial charge in [-0.2, -0.15) is 5.10 Å². The molecule has 0 saturated carbocycles. The van der Waals surface area contributed by atoms with Crippen LogP contribution in [0, 0.1) is 0 Å². The Labute approximate surface area is 112 Å². The van der Waals surface area contributed by atoms with E-state index >= 15 is 0 Å². The van der Waals surface area contributed by atoms with Gasteiger partial charge in [-0.25, -0.2) is 0 Å². The molecule has 0 aliphatic rings. The van der Waals surface area contributed by atoms with Crippen LogP contribution in [0.5, 0.6) is 0 Å². The third-order valence-corrected chi connectivity index (χ3v) is 2.74. The molecule has 0 fully saturated rings. The maximum atomic E-state index is 5.65. The highest BCUT2D eigenvalue weighted by Gasteiger charge is 1.97. The zero-order chi connectivity index (χ0) is 12.6. The van der Waals surface area contributed by atoms with Crippen LogP contribution in [0.15, 0.2) is 42.5 Å². The molecule has 2 rings (SSSR count). The van der Waals surface area contributed by atoms with E-state index in [1.807, 2.05) is 12.1 Å². The Morgan fingerprint density at radius 3 is 2.56 bits per heavy atom. The van der Waals surface area contributed by atoms with Gasteiger partial charge in [0.1, 0.15) is 0 Å². The van der Waals surface area contributed by atoms with Crippen molar-refractivity contribution in [3.63, 3.8) is 0 Å². The van der Waals surface area contributed by atoms with Crippen molar-refractivity contribution in [2.24, 2.45) is 0 Å². The molecule has 1 heterocycles. The average Bonchev–Trinajstić information content (AvgIpc) is 2.42. The molecule has 0 radical (unpaired) electrons. The van der Waals surface area contributed by atoms with Crippen LogP contribution in [-0.2, 0) is 17.8 Å². The molecule has 1 aromatic heterocycles. The minimum absolute atomic E-state index is 0.405. The molecular formula is C14H15ClN2O. The number of nitrogens with zero attached hydrogens (tertiary/aromatic N) is 2. The molecular weight excluding hydrogens is 248 g/mol. The van der Waals surface area contributed by atoms with Gasteiger partial charge < -0.3 is 4.74 Å². The fraction of sp³-hybridized carbons (Fsp3) is 0.286. The van der Waals surface area contributed by atoms with E-state index < -0.39 is 0 Å². The number of halogens is 1. The molecule has 2 aromatic rings. The molecule has 0 aliphatic carbocycles. The fourth-order valence-corrected chi connectivity index (χ4v) is 1.72. The Kier molecular flexibility index (Phi) is 5.12. The van der Waals surface area contributed by atoms with Crippen molar-refractivity contribution in [1.29, 1.82) is 0 Å². The van der Waals surface area contributed by atoms with Crippen molar-refractivity contribution in [2.45, 2.75) is 19.4 Å². The second-order valence-electron chi connectivity index (χ2n) is 3.99. The Balaban J connectivity index is 1.63. The van der Waals surface area contributed by atoms with Gasteiger partial charge in [0, 0.05) is 6.61 Å². The van der Waals surface area contributed by atoms with E-state index in [2.05, 4.69) is 34.5 Å². The largest absolute Gasteiger partial charge is 0.375 e. The van der Waals surface area contributed by atoms with Gasteiger partial charge >= 0.3 is 0 Å². The summed E-state index contributed by atoms with van der Waals surface area (Å²) in [4.78, 5) is 0. The Morgan fingerprint density at radius 2 is 1.83 bits per heavy atom. The number of hydrogen-bond acceptors (Lipinski definition) is 3. The van der Waals surface area contributed by atoms with Gasteiger partial charge in [-0.1, -0.05) is 41.9 Å². The molecule has 18 heavy (non-hydrogen) atoms. The van der Waals surface area contributed by atoms with Gasteiger partial charge in [0.05, 0.1) is 12.3 Å². The Morgan fingerprint density at radius 1 is 1.00 bits per heavy atom. The molecule has 4 heteroatoms. The molecule has 0 unspecified atom stereocenters. The summed E-state index contributed by atoms with van der Waals surface area (Å²) < 4.78 is 5.54. The summed E-state index contributed by atoms with van der Waals surface area (Å²) in [5.41, 5.74) is 2.14. The lowest BCUT2D eigenvalue weighted by molar-refractivity contribution is 0.115. The first-order chi connectivity index (χ1) is 8.84. The van der Waals surface area contributed by atoms with Crippen molar-refractivity contribution in [2.75, 3.05) is 6.61 Å². The Hall–Kier alpha value is -1.45. The molecule has 94 valence electrons. The first kappa shape index (κ1) is 13.0. The van der Waals surface area contributed by atoms with Crippen LogP contribution in [0.2, 0.25) is 5.15 Å². The predicted molar refractivity (Wildman–Crippen MR) is 71.5 cm³/mol. The fourth-order valence-electron chi connectivity index (χ4n) is 1.62. The van der Waals surface area contributed by atoms with Crippen molar-refractivity contribution in [3.8, 4) is 0 Å². The second-order valence-corrected chi connectivity index (χ2v) is 4.38. The smallest absolute Gasteiger partial charge is 0.151 e. The highest BCUT2D eigenvalue weighted by Crippen LogP contribution is 2.05. The van der Waals surface area contributed by atoms with E-state index in [9.17, 15) is 0 Å². The van der Waals surface area contributed by atoms with Crippen LogP contribution in [-0.4, -0.2) is 16.8 Å². The minimum atomic E-state index is 0.405. The first-order valence-corrected chi connectivity index (χ1v) is 6.32. The highest BCUT2D eigenvalue weighted by atomic mass is 35.5. The van der Waals surface area contributed by atoms with Crippen LogP contribution in [0.4, 0.5) is 0 Å². The molecule has 1 aromatic carbocycles. The minimum Gasteiger partial charge on any atom is -0.375 e. The summed E-state index contributed by atoms with van der Waals surface area (Å²) in [5.74, 6) is 0. The normalized spacial score (nSPS) is 10.5. The van der Waals surface area contributed by atoms with Gasteiger partial charge in [-0.15, -0.1) is 5.10 Å². The number of ether oxygens (including phenoxy) is 1. The van der Waals surface area contributed by atoms with Gasteiger partial charge in [0.15, 0.2) is 5.15 Å². The molecule has 0 N–H and O–H groups in total. The number of aromatic nitrogens is 2. The lowest BCUT2D eigenvalue weighted by Crippen LogP contribution is -2.00. The van der Waals surface area contributed by atoms with E-state index in [4.69, 9.17) is 16.3 Å². The number of hydrogen-bond donors (Lipinski definition) is 0. The van der Waals surface area contributed by atoms with E-state index in [0.717, 1.165) is 25.1 Å². The molecule has 3 nitrogen and oxygen atoms in total.